The van der Waals surface area contributed by atoms with Crippen molar-refractivity contribution in [3.8, 4) is 17.1 Å². The number of ether oxygens (including phenoxy) is 4. The van der Waals surface area contributed by atoms with Crippen molar-refractivity contribution in [1.82, 2.24) is 4.98 Å². The Labute approximate surface area is 291 Å². The lowest BCUT2D eigenvalue weighted by molar-refractivity contribution is -0.266. The largest absolute Gasteiger partial charge is 0.482 e. The van der Waals surface area contributed by atoms with Crippen LogP contribution in [-0.4, -0.2) is 52.4 Å². The molecule has 254 valence electrons. The van der Waals surface area contributed by atoms with Crippen LogP contribution in [-0.2, 0) is 23.8 Å². The molecule has 0 spiro atoms. The van der Waals surface area contributed by atoms with Crippen molar-refractivity contribution in [3.05, 3.63) is 80.0 Å². The van der Waals surface area contributed by atoms with Crippen molar-refractivity contribution >= 4 is 40.5 Å². The molecule has 3 heterocycles. The fourth-order valence-corrected chi connectivity index (χ4v) is 8.98. The molecule has 1 aromatic carbocycles. The van der Waals surface area contributed by atoms with Gasteiger partial charge in [-0.05, 0) is 96.5 Å². The van der Waals surface area contributed by atoms with Crippen molar-refractivity contribution in [1.29, 1.82) is 0 Å². The van der Waals surface area contributed by atoms with Gasteiger partial charge in [0.05, 0.1) is 11.7 Å². The van der Waals surface area contributed by atoms with Gasteiger partial charge in [-0.2, -0.15) is 0 Å². The zero-order valence-electron chi connectivity index (χ0n) is 27.4. The molecule has 12 heteroatoms. The van der Waals surface area contributed by atoms with Gasteiger partial charge in [-0.25, -0.2) is 9.59 Å². The second-order valence-corrected chi connectivity index (χ2v) is 15.0. The van der Waals surface area contributed by atoms with Gasteiger partial charge in [0, 0.05) is 52.8 Å². The normalized spacial score (nSPS) is 32.0. The minimum Gasteiger partial charge on any atom is -0.482 e. The van der Waals surface area contributed by atoms with Crippen LogP contribution < -0.4 is 10.4 Å². The van der Waals surface area contributed by atoms with Gasteiger partial charge >= 0.3 is 23.5 Å². The summed E-state index contributed by atoms with van der Waals surface area (Å²) in [7, 11) is 0. The zero-order chi connectivity index (χ0) is 34.6. The van der Waals surface area contributed by atoms with Crippen LogP contribution in [0.4, 0.5) is 0 Å². The van der Waals surface area contributed by atoms with Gasteiger partial charge < -0.3 is 28.5 Å². The van der Waals surface area contributed by atoms with Crippen LogP contribution in [0.2, 0.25) is 0 Å². The highest BCUT2D eigenvalue weighted by Crippen LogP contribution is 2.67. The number of halogens is 1. The fraction of sp³-hybridized carbons (Fsp3) is 0.472. The predicted molar refractivity (Wildman–Crippen MR) is 180 cm³/mol. The Morgan fingerprint density at radius 2 is 1.77 bits per heavy atom. The molecule has 0 amide bonds. The Kier molecular flexibility index (Phi) is 8.94. The molecule has 2 saturated carbocycles. The Hall–Kier alpha value is -3.78. The third-order valence-electron chi connectivity index (χ3n) is 10.8. The summed E-state index contributed by atoms with van der Waals surface area (Å²) in [6.45, 7) is 8.27. The van der Waals surface area contributed by atoms with E-state index in [9.17, 15) is 24.3 Å². The van der Waals surface area contributed by atoms with Crippen LogP contribution in [0.3, 0.4) is 0 Å². The van der Waals surface area contributed by atoms with E-state index in [1.807, 2.05) is 13.8 Å². The Morgan fingerprint density at radius 1 is 1.04 bits per heavy atom. The van der Waals surface area contributed by atoms with E-state index < -0.39 is 70.1 Å². The number of carbonyl (C=O) groups is 3. The van der Waals surface area contributed by atoms with E-state index in [2.05, 4.69) is 27.6 Å². The number of benzene rings is 1. The van der Waals surface area contributed by atoms with Gasteiger partial charge in [0.2, 0.25) is 0 Å². The van der Waals surface area contributed by atoms with Crippen LogP contribution in [0, 0.1) is 26.2 Å². The number of hydrogen-bond donors (Lipinski definition) is 1. The first-order valence-corrected chi connectivity index (χ1v) is 17.0. The maximum Gasteiger partial charge on any atom is 0.345 e. The topological polar surface area (TPSA) is 151 Å². The van der Waals surface area contributed by atoms with Crippen LogP contribution in [0.15, 0.2) is 64.1 Å². The highest BCUT2D eigenvalue weighted by Gasteiger charge is 2.71. The van der Waals surface area contributed by atoms with Gasteiger partial charge in [0.25, 0.3) is 0 Å². The molecule has 0 saturated heterocycles. The minimum atomic E-state index is -1.38. The monoisotopic (exact) mass is 771 g/mol. The highest BCUT2D eigenvalue weighted by molar-refractivity contribution is 14.1. The molecule has 3 aromatic rings. The first-order chi connectivity index (χ1) is 22.7. The first-order valence-electron chi connectivity index (χ1n) is 15.9. The summed E-state index contributed by atoms with van der Waals surface area (Å²) in [4.78, 5) is 55.9. The number of rotatable bonds is 6. The van der Waals surface area contributed by atoms with Crippen molar-refractivity contribution in [2.45, 2.75) is 77.8 Å². The lowest BCUT2D eigenvalue weighted by Gasteiger charge is -2.66. The van der Waals surface area contributed by atoms with Gasteiger partial charge in [-0.3, -0.25) is 14.6 Å². The third-order valence-corrected chi connectivity index (χ3v) is 11.5. The van der Waals surface area contributed by atoms with Gasteiger partial charge in [0.15, 0.2) is 0 Å². The quantitative estimate of drug-likeness (QED) is 0.188. The standard InChI is InChI=1S/C36H38INO10/c1-19(39)44-18-35(4)26-16-28(47-32(42)21-8-10-23(37)11-9-21)36(5)31(34(26,3)13-12-27(35)45-20(2)40)30(41)29-25(48-36)15-24(46-33(29)43)22-7-6-14-38-17-22/h6-11,14-15,17,26-28,30-31,41H,12-13,16,18H2,1-5H3/t26-,27+,28+,30+,31-,34+,35+,36-/m1/s1. The predicted octanol–water partition coefficient (Wildman–Crippen LogP) is 5.65. The lowest BCUT2D eigenvalue weighted by atomic mass is 9.42. The summed E-state index contributed by atoms with van der Waals surface area (Å²) in [5.41, 5.74) is -2.96. The van der Waals surface area contributed by atoms with Crippen LogP contribution >= 0.6 is 22.6 Å². The number of pyridine rings is 1. The number of fused-ring (bicyclic) bond motifs is 4. The summed E-state index contributed by atoms with van der Waals surface area (Å²) >= 11 is 2.15. The molecule has 2 aliphatic carbocycles. The lowest BCUT2D eigenvalue weighted by Crippen LogP contribution is -2.71. The second-order valence-electron chi connectivity index (χ2n) is 13.7. The van der Waals surface area contributed by atoms with E-state index >= 15 is 0 Å². The summed E-state index contributed by atoms with van der Waals surface area (Å²) in [6, 6.07) is 12.0. The number of aliphatic hydroxyl groups excluding tert-OH is 1. The molecule has 1 N–H and O–H groups in total. The minimum absolute atomic E-state index is 0.0292. The average molecular weight is 772 g/mol. The van der Waals surface area contributed by atoms with E-state index in [-0.39, 0.29) is 30.1 Å². The van der Waals surface area contributed by atoms with Crippen LogP contribution in [0.25, 0.3) is 11.3 Å². The summed E-state index contributed by atoms with van der Waals surface area (Å²) in [6.07, 6.45) is 1.29. The van der Waals surface area contributed by atoms with E-state index in [1.54, 1.807) is 61.8 Å². The molecule has 1 aliphatic heterocycles. The number of nitrogens with zero attached hydrogens (tertiary/aromatic N) is 1. The van der Waals surface area contributed by atoms with Crippen molar-refractivity contribution in [2.24, 2.45) is 22.7 Å². The number of aromatic nitrogens is 1. The summed E-state index contributed by atoms with van der Waals surface area (Å²) < 4.78 is 31.2. The molecule has 2 fully saturated rings. The molecule has 48 heavy (non-hydrogen) atoms. The number of carbonyl (C=O) groups excluding carboxylic acids is 3. The molecule has 0 radical (unpaired) electrons. The van der Waals surface area contributed by atoms with Crippen LogP contribution in [0.5, 0.6) is 5.75 Å². The summed E-state index contributed by atoms with van der Waals surface area (Å²) in [5.74, 6) is -2.44. The first kappa shape index (κ1) is 34.1. The molecular weight excluding hydrogens is 733 g/mol. The second kappa shape index (κ2) is 12.6. The molecule has 6 rings (SSSR count). The smallest absolute Gasteiger partial charge is 0.345 e. The van der Waals surface area contributed by atoms with Gasteiger partial charge in [0.1, 0.15) is 41.5 Å². The zero-order valence-corrected chi connectivity index (χ0v) is 29.5. The third kappa shape index (κ3) is 5.80. The maximum atomic E-state index is 13.7. The van der Waals surface area contributed by atoms with E-state index in [4.69, 9.17) is 23.4 Å². The van der Waals surface area contributed by atoms with E-state index in [1.165, 1.54) is 13.8 Å². The average Bonchev–Trinajstić information content (AvgIpc) is 3.02. The molecule has 0 bridgehead atoms. The Balaban J connectivity index is 1.50. The highest BCUT2D eigenvalue weighted by atomic mass is 127. The van der Waals surface area contributed by atoms with Crippen molar-refractivity contribution < 1.29 is 42.9 Å². The molecular formula is C36H38INO10. The number of aliphatic hydroxyl groups is 1. The summed E-state index contributed by atoms with van der Waals surface area (Å²) in [5, 5.41) is 12.3. The molecule has 3 aliphatic rings. The van der Waals surface area contributed by atoms with Gasteiger partial charge in [-0.15, -0.1) is 0 Å². The van der Waals surface area contributed by atoms with Gasteiger partial charge in [-0.1, -0.05) is 13.8 Å². The van der Waals surface area contributed by atoms with Crippen LogP contribution in [0.1, 0.15) is 75.9 Å². The molecule has 0 unspecified atom stereocenters. The number of hydrogen-bond acceptors (Lipinski definition) is 11. The van der Waals surface area contributed by atoms with Crippen molar-refractivity contribution in [2.75, 3.05) is 6.61 Å². The Bertz CT molecular complexity index is 1790. The Morgan fingerprint density at radius 3 is 2.42 bits per heavy atom. The molecule has 8 atom stereocenters. The fourth-order valence-electron chi connectivity index (χ4n) is 8.62. The molecule has 11 nitrogen and oxygen atoms in total. The van der Waals surface area contributed by atoms with E-state index in [0.29, 0.717) is 24.0 Å². The molecule has 2 aromatic heterocycles. The maximum absolute atomic E-state index is 13.7. The number of esters is 3. The SMILES string of the molecule is CC(=O)OC[C@@]1(C)[C@@H]2C[C@H](OC(=O)c3ccc(I)cc3)[C@@]3(C)Oc4cc(-c5cccnc5)oc(=O)c4[C@H](O)[C@@H]3[C@@]2(C)CC[C@@H]1OC(C)=O. The van der Waals surface area contributed by atoms with E-state index in [0.717, 1.165) is 3.57 Å². The van der Waals surface area contributed by atoms with Crippen molar-refractivity contribution in [3.63, 3.8) is 0 Å².